The molecule has 178 valence electrons. The molecule has 0 aliphatic heterocycles. The van der Waals surface area contributed by atoms with Crippen molar-refractivity contribution in [2.45, 2.75) is 79.8 Å². The van der Waals surface area contributed by atoms with Crippen molar-refractivity contribution in [2.75, 3.05) is 13.1 Å². The standard InChI is InChI=1S/C16H36N4O6P2S2/c1-11(2)23-27(21,24-12(3)4)19-15(29)17-9-10-18-16(30)20-28(22,25-13(5)6)26-14(7)8/h11-14H,9-10H2,1-8H3,(H2,17,19,21,29)(H2,18,20,22,30). The van der Waals surface area contributed by atoms with Gasteiger partial charge in [-0.3, -0.25) is 28.3 Å². The molecule has 0 radical (unpaired) electrons. The first kappa shape index (κ1) is 29.7. The van der Waals surface area contributed by atoms with Gasteiger partial charge in [-0.15, -0.1) is 0 Å². The first-order valence-corrected chi connectivity index (χ1v) is 13.6. The van der Waals surface area contributed by atoms with Crippen molar-refractivity contribution < 1.29 is 27.2 Å². The van der Waals surface area contributed by atoms with Crippen molar-refractivity contribution in [1.82, 2.24) is 20.8 Å². The van der Waals surface area contributed by atoms with Gasteiger partial charge < -0.3 is 10.6 Å². The van der Waals surface area contributed by atoms with E-state index in [-0.39, 0.29) is 34.6 Å². The van der Waals surface area contributed by atoms with Crippen molar-refractivity contribution in [3.8, 4) is 0 Å². The fourth-order valence-electron chi connectivity index (χ4n) is 1.95. The van der Waals surface area contributed by atoms with Gasteiger partial charge in [0.1, 0.15) is 0 Å². The van der Waals surface area contributed by atoms with Crippen LogP contribution in [0, 0.1) is 0 Å². The van der Waals surface area contributed by atoms with Crippen LogP contribution in [0.4, 0.5) is 0 Å². The summed E-state index contributed by atoms with van der Waals surface area (Å²) in [5.41, 5.74) is 0. The number of nitrogens with one attached hydrogen (secondary N) is 4. The van der Waals surface area contributed by atoms with Gasteiger partial charge in [-0.1, -0.05) is 0 Å². The van der Waals surface area contributed by atoms with Crippen LogP contribution in [-0.4, -0.2) is 47.7 Å². The molecule has 0 aromatic rings. The molecule has 0 unspecified atom stereocenters. The minimum Gasteiger partial charge on any atom is -0.361 e. The molecule has 14 heteroatoms. The van der Waals surface area contributed by atoms with Crippen molar-refractivity contribution in [3.05, 3.63) is 0 Å². The van der Waals surface area contributed by atoms with Gasteiger partial charge in [0.05, 0.1) is 24.4 Å². The Labute approximate surface area is 191 Å². The van der Waals surface area contributed by atoms with E-state index in [1.807, 2.05) is 0 Å². The highest BCUT2D eigenvalue weighted by Crippen LogP contribution is 2.46. The molecule has 0 rings (SSSR count). The normalized spacial score (nSPS) is 12.5. The lowest BCUT2D eigenvalue weighted by atomic mass is 10.5. The maximum absolute atomic E-state index is 12.7. The second kappa shape index (κ2) is 14.0. The summed E-state index contributed by atoms with van der Waals surface area (Å²) >= 11 is 10.3. The molecule has 0 bridgehead atoms. The molecule has 0 saturated heterocycles. The molecule has 0 aliphatic rings. The van der Waals surface area contributed by atoms with Gasteiger partial charge in [0.15, 0.2) is 10.2 Å². The van der Waals surface area contributed by atoms with E-state index < -0.39 is 15.5 Å². The summed E-state index contributed by atoms with van der Waals surface area (Å²) in [4.78, 5) is 0. The van der Waals surface area contributed by atoms with Crippen molar-refractivity contribution in [2.24, 2.45) is 0 Å². The van der Waals surface area contributed by atoms with E-state index >= 15 is 0 Å². The topological polar surface area (TPSA) is 119 Å². The average molecular weight is 507 g/mol. The summed E-state index contributed by atoms with van der Waals surface area (Å²) < 4.78 is 46.9. The molecule has 0 saturated carbocycles. The van der Waals surface area contributed by atoms with Crippen LogP contribution < -0.4 is 20.8 Å². The molecule has 0 spiro atoms. The van der Waals surface area contributed by atoms with Crippen molar-refractivity contribution in [3.63, 3.8) is 0 Å². The summed E-state index contributed by atoms with van der Waals surface area (Å²) in [6, 6.07) is 0. The molecule has 10 nitrogen and oxygen atoms in total. The third-order valence-corrected chi connectivity index (χ3v) is 7.16. The zero-order chi connectivity index (χ0) is 23.5. The highest BCUT2D eigenvalue weighted by molar-refractivity contribution is 7.81. The van der Waals surface area contributed by atoms with E-state index in [9.17, 15) is 9.13 Å². The molecule has 0 fully saturated rings. The van der Waals surface area contributed by atoms with E-state index in [1.54, 1.807) is 55.4 Å². The zero-order valence-corrected chi connectivity index (χ0v) is 22.3. The minimum absolute atomic E-state index is 0.109. The molecule has 30 heavy (non-hydrogen) atoms. The maximum Gasteiger partial charge on any atom is 0.434 e. The van der Waals surface area contributed by atoms with Crippen LogP contribution in [0.1, 0.15) is 55.4 Å². The predicted molar refractivity (Wildman–Crippen MR) is 128 cm³/mol. The summed E-state index contributed by atoms with van der Waals surface area (Å²) in [5.74, 6) is 0. The third kappa shape index (κ3) is 14.6. The number of hydrogen-bond acceptors (Lipinski definition) is 8. The summed E-state index contributed by atoms with van der Waals surface area (Å²) in [7, 11) is -7.19. The first-order valence-electron chi connectivity index (χ1n) is 9.72. The monoisotopic (exact) mass is 506 g/mol. The summed E-state index contributed by atoms with van der Waals surface area (Å²) in [5, 5.41) is 11.2. The van der Waals surface area contributed by atoms with Gasteiger partial charge in [0.2, 0.25) is 0 Å². The van der Waals surface area contributed by atoms with Gasteiger partial charge >= 0.3 is 15.5 Å². The predicted octanol–water partition coefficient (Wildman–Crippen LogP) is 3.83. The van der Waals surface area contributed by atoms with Crippen LogP contribution in [0.2, 0.25) is 0 Å². The van der Waals surface area contributed by atoms with Gasteiger partial charge in [-0.05, 0) is 79.8 Å². The molecular formula is C16H36N4O6P2S2. The Bertz CT molecular complexity index is 567. The fraction of sp³-hybridized carbons (Fsp3) is 0.875. The lowest BCUT2D eigenvalue weighted by Gasteiger charge is -2.25. The van der Waals surface area contributed by atoms with E-state index in [2.05, 4.69) is 20.8 Å². The highest BCUT2D eigenvalue weighted by atomic mass is 32.1. The average Bonchev–Trinajstić information content (AvgIpc) is 2.46. The lowest BCUT2D eigenvalue weighted by molar-refractivity contribution is 0.138. The van der Waals surface area contributed by atoms with Crippen molar-refractivity contribution >= 4 is 50.2 Å². The number of thiocarbonyl (C=S) groups is 2. The molecule has 0 heterocycles. The fourth-order valence-corrected chi connectivity index (χ4v) is 6.01. The first-order chi connectivity index (χ1) is 13.7. The van der Waals surface area contributed by atoms with E-state index in [0.29, 0.717) is 13.1 Å². The molecular weight excluding hydrogens is 470 g/mol. The molecule has 0 aromatic heterocycles. The molecule has 0 amide bonds. The van der Waals surface area contributed by atoms with Gasteiger partial charge in [-0.25, -0.2) is 9.13 Å². The Balaban J connectivity index is 4.54. The van der Waals surface area contributed by atoms with Crippen LogP contribution in [0.5, 0.6) is 0 Å². The van der Waals surface area contributed by atoms with Crippen LogP contribution in [-0.2, 0) is 27.2 Å². The Morgan fingerprint density at radius 2 is 0.867 bits per heavy atom. The SMILES string of the molecule is CC(C)OP(=O)(NC(=S)NCCNC(=S)NP(=O)(OC(C)C)OC(C)C)OC(C)C. The smallest absolute Gasteiger partial charge is 0.361 e. The Morgan fingerprint density at radius 1 is 0.633 bits per heavy atom. The maximum atomic E-state index is 12.7. The summed E-state index contributed by atoms with van der Waals surface area (Å²) in [6.45, 7) is 14.6. The second-order valence-electron chi connectivity index (χ2n) is 7.35. The zero-order valence-electron chi connectivity index (χ0n) is 18.9. The van der Waals surface area contributed by atoms with Crippen LogP contribution in [0.25, 0.3) is 0 Å². The van der Waals surface area contributed by atoms with Crippen LogP contribution in [0.15, 0.2) is 0 Å². The van der Waals surface area contributed by atoms with Gasteiger partial charge in [0, 0.05) is 13.1 Å². The Hall–Kier alpha value is -0.320. The van der Waals surface area contributed by atoms with Crippen LogP contribution in [0.3, 0.4) is 0 Å². The van der Waals surface area contributed by atoms with E-state index in [1.165, 1.54) is 0 Å². The van der Waals surface area contributed by atoms with Gasteiger partial charge in [0.25, 0.3) is 0 Å². The van der Waals surface area contributed by atoms with E-state index in [0.717, 1.165) is 0 Å². The number of hydrogen-bond donors (Lipinski definition) is 4. The molecule has 4 N–H and O–H groups in total. The second-order valence-corrected chi connectivity index (χ2v) is 11.4. The largest absolute Gasteiger partial charge is 0.434 e. The summed E-state index contributed by atoms with van der Waals surface area (Å²) in [6.07, 6.45) is -1.25. The highest BCUT2D eigenvalue weighted by Gasteiger charge is 2.30. The van der Waals surface area contributed by atoms with Gasteiger partial charge in [-0.2, -0.15) is 0 Å². The lowest BCUT2D eigenvalue weighted by Crippen LogP contribution is -2.42. The molecule has 0 aliphatic carbocycles. The van der Waals surface area contributed by atoms with Crippen molar-refractivity contribution in [1.29, 1.82) is 0 Å². The quantitative estimate of drug-likeness (QED) is 0.165. The Morgan fingerprint density at radius 3 is 1.07 bits per heavy atom. The minimum atomic E-state index is -3.59. The van der Waals surface area contributed by atoms with Crippen LogP contribution >= 0.6 is 39.9 Å². The number of rotatable bonds is 13. The Kier molecular flexibility index (Phi) is 13.8. The molecule has 0 atom stereocenters. The van der Waals surface area contributed by atoms with E-state index in [4.69, 9.17) is 42.5 Å². The molecule has 0 aromatic carbocycles. The third-order valence-electron chi connectivity index (χ3n) is 2.57.